The van der Waals surface area contributed by atoms with E-state index in [0.29, 0.717) is 6.42 Å². The average molecular weight is 319 g/mol. The van der Waals surface area contributed by atoms with Gasteiger partial charge in [-0.3, -0.25) is 9.89 Å². The Labute approximate surface area is 143 Å². The lowest BCUT2D eigenvalue weighted by Crippen LogP contribution is -2.41. The summed E-state index contributed by atoms with van der Waals surface area (Å²) in [7, 11) is 0. The summed E-state index contributed by atoms with van der Waals surface area (Å²) in [4.78, 5) is 13.1. The van der Waals surface area contributed by atoms with Gasteiger partial charge in [0, 0.05) is 35.1 Å². The molecule has 24 heavy (non-hydrogen) atoms. The van der Waals surface area contributed by atoms with E-state index in [4.69, 9.17) is 0 Å². The number of H-pyrrole nitrogens is 1. The topological polar surface area (TPSA) is 45.8 Å². The summed E-state index contributed by atoms with van der Waals surface area (Å²) in [6.45, 7) is 10.6. The Morgan fingerprint density at radius 2 is 1.88 bits per heavy atom. The standard InChI is InChI=1S/C21H23N2O/c1-13-18-16(23-22-13)10-14-11-20(2,3)12-17(24)19(14)21(18,4)15-8-6-5-7-9-15/h5-9H,2,10-12H2,1,3-4H3,(H,22,23)/q+1/t20?,21-/m0/s1. The van der Waals surface area contributed by atoms with Crippen molar-refractivity contribution in [3.05, 3.63) is 70.9 Å². The van der Waals surface area contributed by atoms with Crippen molar-refractivity contribution >= 4 is 5.78 Å². The average Bonchev–Trinajstić information content (AvgIpc) is 2.88. The number of aromatic amines is 1. The zero-order valence-corrected chi connectivity index (χ0v) is 14.6. The van der Waals surface area contributed by atoms with E-state index >= 15 is 0 Å². The predicted molar refractivity (Wildman–Crippen MR) is 94.7 cm³/mol. The number of hydrogen-bond acceptors (Lipinski definition) is 2. The second-order valence-electron chi connectivity index (χ2n) is 7.90. The molecule has 0 saturated heterocycles. The van der Waals surface area contributed by atoms with E-state index in [1.54, 1.807) is 0 Å². The summed E-state index contributed by atoms with van der Waals surface area (Å²) < 4.78 is 0. The number of ketones is 1. The molecule has 0 amide bonds. The zero-order chi connectivity index (χ0) is 17.1. The molecule has 1 aromatic heterocycles. The minimum Gasteiger partial charge on any atom is -0.294 e. The number of Topliss-reactive ketones (excluding diaryl/α,β-unsaturated/α-hetero) is 1. The molecule has 3 heteroatoms. The van der Waals surface area contributed by atoms with Crippen molar-refractivity contribution < 1.29 is 4.79 Å². The van der Waals surface area contributed by atoms with E-state index < -0.39 is 5.41 Å². The third-order valence-electron chi connectivity index (χ3n) is 5.61. The normalized spacial score (nSPS) is 29.4. The van der Waals surface area contributed by atoms with Crippen molar-refractivity contribution in [2.75, 3.05) is 0 Å². The Balaban J connectivity index is 2.02. The summed E-state index contributed by atoms with van der Waals surface area (Å²) in [5.41, 5.74) is 6.01. The highest BCUT2D eigenvalue weighted by Crippen LogP contribution is 2.52. The predicted octanol–water partition coefficient (Wildman–Crippen LogP) is 4.08. The molecule has 2 aromatic rings. The smallest absolute Gasteiger partial charge is 0.164 e. The molecule has 0 aliphatic heterocycles. The van der Waals surface area contributed by atoms with Gasteiger partial charge in [0.15, 0.2) is 5.78 Å². The molecule has 2 aliphatic rings. The van der Waals surface area contributed by atoms with Crippen molar-refractivity contribution in [3.8, 4) is 0 Å². The molecular weight excluding hydrogens is 296 g/mol. The lowest BCUT2D eigenvalue weighted by molar-refractivity contribution is -0.118. The number of aromatic nitrogens is 2. The molecule has 0 bridgehead atoms. The number of rotatable bonds is 1. The van der Waals surface area contributed by atoms with Gasteiger partial charge in [0.25, 0.3) is 0 Å². The van der Waals surface area contributed by atoms with E-state index in [9.17, 15) is 4.79 Å². The first-order chi connectivity index (χ1) is 11.3. The zero-order valence-electron chi connectivity index (χ0n) is 14.6. The van der Waals surface area contributed by atoms with E-state index in [1.165, 1.54) is 11.1 Å². The summed E-state index contributed by atoms with van der Waals surface area (Å²) in [6.07, 6.45) is 2.14. The van der Waals surface area contributed by atoms with Crippen LogP contribution < -0.4 is 0 Å². The van der Waals surface area contributed by atoms with Crippen molar-refractivity contribution in [3.63, 3.8) is 0 Å². The first kappa shape index (κ1) is 15.3. The molecule has 0 radical (unpaired) electrons. The lowest BCUT2D eigenvalue weighted by Gasteiger charge is -2.42. The van der Waals surface area contributed by atoms with Gasteiger partial charge in [-0.05, 0) is 26.3 Å². The number of benzene rings is 1. The van der Waals surface area contributed by atoms with Crippen LogP contribution in [0.15, 0.2) is 41.5 Å². The number of aryl methyl sites for hydroxylation is 1. The molecule has 1 N–H and O–H groups in total. The molecule has 4 rings (SSSR count). The Morgan fingerprint density at radius 1 is 1.17 bits per heavy atom. The number of nitrogens with zero attached hydrogens (tertiary/aromatic N) is 1. The lowest BCUT2D eigenvalue weighted by atomic mass is 9.58. The maximum absolute atomic E-state index is 13.1. The number of allylic oxidation sites excluding steroid dienone is 2. The number of fused-ring (bicyclic) bond motifs is 1. The van der Waals surface area contributed by atoms with Gasteiger partial charge in [-0.1, -0.05) is 35.9 Å². The largest absolute Gasteiger partial charge is 0.294 e. The quantitative estimate of drug-likeness (QED) is 0.805. The van der Waals surface area contributed by atoms with Gasteiger partial charge in [0.2, 0.25) is 0 Å². The molecule has 0 spiro atoms. The summed E-state index contributed by atoms with van der Waals surface area (Å²) in [6, 6.07) is 10.4. The van der Waals surface area contributed by atoms with Crippen LogP contribution in [0.5, 0.6) is 0 Å². The fraction of sp³-hybridized carbons (Fsp3) is 0.381. The molecule has 1 heterocycles. The second-order valence-corrected chi connectivity index (χ2v) is 7.90. The van der Waals surface area contributed by atoms with E-state index in [2.05, 4.69) is 50.0 Å². The van der Waals surface area contributed by atoms with Crippen molar-refractivity contribution in [2.24, 2.45) is 5.41 Å². The minimum atomic E-state index is -0.436. The number of nitrogens with one attached hydrogen (secondary N) is 1. The van der Waals surface area contributed by atoms with Crippen LogP contribution in [0.2, 0.25) is 0 Å². The Kier molecular flexibility index (Phi) is 3.08. The van der Waals surface area contributed by atoms with Gasteiger partial charge >= 0.3 is 0 Å². The van der Waals surface area contributed by atoms with E-state index in [-0.39, 0.29) is 11.2 Å². The maximum atomic E-state index is 13.1. The maximum Gasteiger partial charge on any atom is 0.164 e. The molecular formula is C21H23N2O+. The molecule has 3 nitrogen and oxygen atoms in total. The second kappa shape index (κ2) is 4.85. The van der Waals surface area contributed by atoms with Crippen molar-refractivity contribution in [1.82, 2.24) is 10.2 Å². The summed E-state index contributed by atoms with van der Waals surface area (Å²) >= 11 is 0. The molecule has 2 aliphatic carbocycles. The molecule has 1 aromatic carbocycles. The van der Waals surface area contributed by atoms with Gasteiger partial charge in [0.1, 0.15) is 5.41 Å². The van der Waals surface area contributed by atoms with Crippen molar-refractivity contribution in [1.29, 1.82) is 0 Å². The minimum absolute atomic E-state index is 0.212. The Morgan fingerprint density at radius 3 is 2.58 bits per heavy atom. The van der Waals surface area contributed by atoms with Crippen LogP contribution in [-0.2, 0) is 16.6 Å². The number of carbonyl (C=O) groups is 1. The highest BCUT2D eigenvalue weighted by molar-refractivity contribution is 6.01. The van der Waals surface area contributed by atoms with Crippen LogP contribution in [0.25, 0.3) is 0 Å². The van der Waals surface area contributed by atoms with Crippen LogP contribution in [0.3, 0.4) is 0 Å². The van der Waals surface area contributed by atoms with Crippen LogP contribution in [0.4, 0.5) is 0 Å². The highest BCUT2D eigenvalue weighted by Gasteiger charge is 2.50. The van der Waals surface area contributed by atoms with Gasteiger partial charge in [-0.15, -0.1) is 0 Å². The van der Waals surface area contributed by atoms with Gasteiger partial charge in [0.05, 0.1) is 19.0 Å². The molecule has 2 atom stereocenters. The van der Waals surface area contributed by atoms with Crippen LogP contribution in [-0.4, -0.2) is 16.0 Å². The first-order valence-electron chi connectivity index (χ1n) is 8.54. The monoisotopic (exact) mass is 319 g/mol. The fourth-order valence-corrected chi connectivity index (χ4v) is 4.78. The Hall–Kier alpha value is -2.29. The SMILES string of the molecule is [CH2+]C1(C)CC(=O)C2=C(Cc3n[nH]c(C)c3[C@]2(C)c2ccccc2)C1. The summed E-state index contributed by atoms with van der Waals surface area (Å²) in [5, 5.41) is 7.70. The van der Waals surface area contributed by atoms with E-state index in [0.717, 1.165) is 35.4 Å². The van der Waals surface area contributed by atoms with Gasteiger partial charge < -0.3 is 0 Å². The Bertz CT molecular complexity index is 857. The van der Waals surface area contributed by atoms with Crippen LogP contribution in [0, 0.1) is 19.3 Å². The fourth-order valence-electron chi connectivity index (χ4n) is 4.78. The number of carbonyl (C=O) groups excluding carboxylic acids is 1. The van der Waals surface area contributed by atoms with Gasteiger partial charge in [-0.25, -0.2) is 0 Å². The van der Waals surface area contributed by atoms with Crippen LogP contribution >= 0.6 is 0 Å². The number of hydrogen-bond donors (Lipinski definition) is 1. The third kappa shape index (κ3) is 2.00. The van der Waals surface area contributed by atoms with Crippen molar-refractivity contribution in [2.45, 2.75) is 45.4 Å². The molecule has 122 valence electrons. The molecule has 0 saturated carbocycles. The molecule has 1 unspecified atom stereocenters. The molecule has 0 fully saturated rings. The van der Waals surface area contributed by atoms with Gasteiger partial charge in [-0.2, -0.15) is 5.10 Å². The highest BCUT2D eigenvalue weighted by atomic mass is 16.1. The van der Waals surface area contributed by atoms with Crippen LogP contribution in [0.1, 0.15) is 49.2 Å². The van der Waals surface area contributed by atoms with E-state index in [1.807, 2.05) is 18.2 Å². The summed E-state index contributed by atoms with van der Waals surface area (Å²) in [5.74, 6) is 0.242. The third-order valence-corrected chi connectivity index (χ3v) is 5.61. The first-order valence-corrected chi connectivity index (χ1v) is 8.54.